The number of carbonyl (C=O) groups is 2. The number of rotatable bonds is 11. The second-order valence-corrected chi connectivity index (χ2v) is 9.36. The van der Waals surface area contributed by atoms with Crippen LogP contribution in [-0.4, -0.2) is 34.7 Å². The Morgan fingerprint density at radius 1 is 1.23 bits per heavy atom. The number of aliphatic hydroxyl groups is 1. The van der Waals surface area contributed by atoms with Gasteiger partial charge in [-0.05, 0) is 42.7 Å². The second kappa shape index (κ2) is 10.9. The molecule has 1 saturated heterocycles. The van der Waals surface area contributed by atoms with Crippen LogP contribution in [0.4, 0.5) is 5.69 Å². The largest absolute Gasteiger partial charge is 0.477 e. The third-order valence-corrected chi connectivity index (χ3v) is 6.76. The van der Waals surface area contributed by atoms with Crippen molar-refractivity contribution in [2.45, 2.75) is 64.7 Å². The molecule has 0 bridgehead atoms. The number of aromatic carboxylic acids is 1. The predicted molar refractivity (Wildman–Crippen MR) is 122 cm³/mol. The standard InChI is InChI=1S/C24H31NO5S/c1-3-4-5-6-21(26)17-7-9-18(10-8-17)25-19(13-16(2)23(25)27)14-30-15-20-11-12-22(31-20)24(28)29/h7-12,16,19,21,26H,3-6,13-15H2,1-2H3,(H,28,29)/t16?,19-,21-/m1/s1. The van der Waals surface area contributed by atoms with Gasteiger partial charge in [-0.15, -0.1) is 11.3 Å². The van der Waals surface area contributed by atoms with Gasteiger partial charge in [-0.2, -0.15) is 0 Å². The van der Waals surface area contributed by atoms with E-state index in [9.17, 15) is 14.7 Å². The molecular weight excluding hydrogens is 414 g/mol. The first-order valence-electron chi connectivity index (χ1n) is 10.9. The van der Waals surface area contributed by atoms with Crippen molar-refractivity contribution in [2.24, 2.45) is 5.92 Å². The Kier molecular flexibility index (Phi) is 8.23. The van der Waals surface area contributed by atoms with Crippen LogP contribution in [-0.2, 0) is 16.1 Å². The van der Waals surface area contributed by atoms with Crippen molar-refractivity contribution in [1.82, 2.24) is 0 Å². The molecule has 2 N–H and O–H groups in total. The fraction of sp³-hybridized carbons (Fsp3) is 0.500. The summed E-state index contributed by atoms with van der Waals surface area (Å²) < 4.78 is 5.85. The summed E-state index contributed by atoms with van der Waals surface area (Å²) in [6.07, 6.45) is 4.21. The lowest BCUT2D eigenvalue weighted by atomic mass is 10.0. The number of aliphatic hydroxyl groups excluding tert-OH is 1. The molecule has 2 aromatic rings. The minimum Gasteiger partial charge on any atom is -0.477 e. The van der Waals surface area contributed by atoms with Gasteiger partial charge in [0, 0.05) is 16.5 Å². The topological polar surface area (TPSA) is 87.1 Å². The molecule has 0 saturated carbocycles. The van der Waals surface area contributed by atoms with Crippen LogP contribution in [0.1, 0.15) is 72.2 Å². The first-order valence-corrected chi connectivity index (χ1v) is 11.7. The highest BCUT2D eigenvalue weighted by atomic mass is 32.1. The van der Waals surface area contributed by atoms with Gasteiger partial charge < -0.3 is 19.8 Å². The monoisotopic (exact) mass is 445 g/mol. The smallest absolute Gasteiger partial charge is 0.345 e. The summed E-state index contributed by atoms with van der Waals surface area (Å²) in [7, 11) is 0. The quantitative estimate of drug-likeness (QED) is 0.474. The van der Waals surface area contributed by atoms with E-state index in [1.54, 1.807) is 17.0 Å². The van der Waals surface area contributed by atoms with Crippen molar-refractivity contribution in [2.75, 3.05) is 11.5 Å². The number of carbonyl (C=O) groups excluding carboxylic acids is 1. The van der Waals surface area contributed by atoms with Crippen molar-refractivity contribution < 1.29 is 24.5 Å². The van der Waals surface area contributed by atoms with Crippen LogP contribution >= 0.6 is 11.3 Å². The summed E-state index contributed by atoms with van der Waals surface area (Å²) in [5.74, 6) is -0.932. The van der Waals surface area contributed by atoms with E-state index >= 15 is 0 Å². The molecule has 168 valence electrons. The molecule has 3 rings (SSSR count). The van der Waals surface area contributed by atoms with Gasteiger partial charge in [-0.25, -0.2) is 4.79 Å². The highest BCUT2D eigenvalue weighted by Gasteiger charge is 2.37. The molecule has 1 aliphatic heterocycles. The van der Waals surface area contributed by atoms with Gasteiger partial charge in [-0.3, -0.25) is 4.79 Å². The van der Waals surface area contributed by atoms with Gasteiger partial charge in [-0.1, -0.05) is 45.2 Å². The minimum atomic E-state index is -0.934. The van der Waals surface area contributed by atoms with Gasteiger partial charge in [0.2, 0.25) is 5.91 Å². The van der Waals surface area contributed by atoms with E-state index in [1.165, 1.54) is 11.3 Å². The Hall–Kier alpha value is -2.22. The van der Waals surface area contributed by atoms with Crippen molar-refractivity contribution in [3.63, 3.8) is 0 Å². The number of benzene rings is 1. The Morgan fingerprint density at radius 2 is 1.97 bits per heavy atom. The Labute approximate surface area is 187 Å². The lowest BCUT2D eigenvalue weighted by molar-refractivity contribution is -0.120. The fourth-order valence-electron chi connectivity index (χ4n) is 3.99. The van der Waals surface area contributed by atoms with Crippen molar-refractivity contribution in [3.8, 4) is 0 Å². The van der Waals surface area contributed by atoms with E-state index in [1.807, 2.05) is 31.2 Å². The molecule has 1 amide bonds. The van der Waals surface area contributed by atoms with Crippen LogP contribution in [0.3, 0.4) is 0 Å². The van der Waals surface area contributed by atoms with Crippen LogP contribution < -0.4 is 4.90 Å². The Balaban J connectivity index is 1.61. The normalized spacial score (nSPS) is 19.7. The predicted octanol–water partition coefficient (Wildman–Crippen LogP) is 5.02. The lowest BCUT2D eigenvalue weighted by Gasteiger charge is -2.25. The van der Waals surface area contributed by atoms with E-state index in [-0.39, 0.29) is 17.9 Å². The molecule has 6 nitrogen and oxygen atoms in total. The zero-order valence-corrected chi connectivity index (χ0v) is 18.9. The molecule has 7 heteroatoms. The van der Waals surface area contributed by atoms with Crippen molar-refractivity contribution in [3.05, 3.63) is 51.7 Å². The maximum absolute atomic E-state index is 12.8. The van der Waals surface area contributed by atoms with Crippen LogP contribution in [0.5, 0.6) is 0 Å². The highest BCUT2D eigenvalue weighted by Crippen LogP contribution is 2.32. The van der Waals surface area contributed by atoms with Crippen LogP contribution in [0.2, 0.25) is 0 Å². The highest BCUT2D eigenvalue weighted by molar-refractivity contribution is 7.13. The van der Waals surface area contributed by atoms with Crippen LogP contribution in [0, 0.1) is 5.92 Å². The Bertz CT molecular complexity index is 878. The molecule has 1 aliphatic rings. The zero-order chi connectivity index (χ0) is 22.4. The number of carboxylic acid groups (broad SMARTS) is 1. The molecule has 2 heterocycles. The first kappa shape index (κ1) is 23.4. The van der Waals surface area contributed by atoms with Crippen molar-refractivity contribution >= 4 is 28.9 Å². The molecule has 0 aliphatic carbocycles. The molecule has 1 unspecified atom stereocenters. The van der Waals surface area contributed by atoms with Gasteiger partial charge in [0.25, 0.3) is 0 Å². The number of hydrogen-bond acceptors (Lipinski definition) is 5. The second-order valence-electron chi connectivity index (χ2n) is 8.19. The molecule has 31 heavy (non-hydrogen) atoms. The fourth-order valence-corrected chi connectivity index (χ4v) is 4.77. The van der Waals surface area contributed by atoms with E-state index in [0.717, 1.165) is 41.8 Å². The number of unbranched alkanes of at least 4 members (excludes halogenated alkanes) is 2. The number of anilines is 1. The summed E-state index contributed by atoms with van der Waals surface area (Å²) >= 11 is 1.20. The van der Waals surface area contributed by atoms with Crippen molar-refractivity contribution in [1.29, 1.82) is 0 Å². The number of carboxylic acids is 1. The van der Waals surface area contributed by atoms with E-state index in [0.29, 0.717) is 24.5 Å². The third-order valence-electron chi connectivity index (χ3n) is 5.71. The summed E-state index contributed by atoms with van der Waals surface area (Å²) in [5, 5.41) is 19.4. The SMILES string of the molecule is CCCCC[C@@H](O)c1ccc(N2C(=O)C(C)C[C@@H]2COCc2ccc(C(=O)O)s2)cc1. The molecule has 3 atom stereocenters. The van der Waals surface area contributed by atoms with E-state index < -0.39 is 12.1 Å². The number of ether oxygens (including phenoxy) is 1. The summed E-state index contributed by atoms with van der Waals surface area (Å²) in [5.41, 5.74) is 1.69. The number of hydrogen-bond donors (Lipinski definition) is 2. The van der Waals surface area contributed by atoms with Crippen LogP contribution in [0.15, 0.2) is 36.4 Å². The van der Waals surface area contributed by atoms with Gasteiger partial charge in [0.1, 0.15) is 4.88 Å². The van der Waals surface area contributed by atoms with Gasteiger partial charge in [0.15, 0.2) is 0 Å². The molecular formula is C24H31NO5S. The molecule has 1 aromatic carbocycles. The van der Waals surface area contributed by atoms with Gasteiger partial charge >= 0.3 is 5.97 Å². The Morgan fingerprint density at radius 3 is 2.61 bits per heavy atom. The molecule has 1 fully saturated rings. The molecule has 0 spiro atoms. The zero-order valence-electron chi connectivity index (χ0n) is 18.1. The third kappa shape index (κ3) is 5.93. The number of amides is 1. The summed E-state index contributed by atoms with van der Waals surface area (Å²) in [6, 6.07) is 10.9. The molecule has 1 aromatic heterocycles. The maximum Gasteiger partial charge on any atom is 0.345 e. The lowest BCUT2D eigenvalue weighted by Crippen LogP contribution is -2.36. The number of nitrogens with zero attached hydrogens (tertiary/aromatic N) is 1. The van der Waals surface area contributed by atoms with E-state index in [2.05, 4.69) is 6.92 Å². The van der Waals surface area contributed by atoms with E-state index in [4.69, 9.17) is 9.84 Å². The first-order chi connectivity index (χ1) is 14.9. The minimum absolute atomic E-state index is 0.0678. The van der Waals surface area contributed by atoms with Crippen LogP contribution in [0.25, 0.3) is 0 Å². The maximum atomic E-state index is 12.8. The summed E-state index contributed by atoms with van der Waals surface area (Å²) in [4.78, 5) is 26.7. The summed E-state index contributed by atoms with van der Waals surface area (Å²) in [6.45, 7) is 4.79. The molecule has 0 radical (unpaired) electrons. The van der Waals surface area contributed by atoms with Gasteiger partial charge in [0.05, 0.1) is 25.4 Å². The average Bonchev–Trinajstić information content (AvgIpc) is 3.33. The average molecular weight is 446 g/mol. The number of thiophene rings is 1.